The van der Waals surface area contributed by atoms with Gasteiger partial charge in [-0.3, -0.25) is 0 Å². The molecule has 77 heavy (non-hydrogen) atoms. The highest BCUT2D eigenvalue weighted by Crippen LogP contribution is 2.66. The number of rotatable bonds is 7. The number of hydrogen-bond donors (Lipinski definition) is 0. The molecule has 1 heterocycles. The molecular weight excluding hydrogens is 929 g/mol. The smallest absolute Gasteiger partial charge is 0.0716 e. The predicted octanol–water partition coefficient (Wildman–Crippen LogP) is 19.0. The molecule has 12 aromatic rings. The van der Waals surface area contributed by atoms with Crippen LogP contribution in [-0.2, 0) is 16.2 Å². The van der Waals surface area contributed by atoms with Gasteiger partial charge in [0, 0.05) is 38.9 Å². The maximum absolute atomic E-state index is 2.53. The molecule has 0 N–H and O–H groups in total. The molecule has 11 aromatic carbocycles. The van der Waals surface area contributed by atoms with Crippen molar-refractivity contribution < 1.29 is 0 Å². The molecule has 0 radical (unpaired) electrons. The Morgan fingerprint density at radius 3 is 1.81 bits per heavy atom. The van der Waals surface area contributed by atoms with Crippen LogP contribution >= 0.6 is 0 Å². The van der Waals surface area contributed by atoms with E-state index in [9.17, 15) is 0 Å². The van der Waals surface area contributed by atoms with Gasteiger partial charge in [-0.15, -0.1) is 0 Å². The van der Waals surface area contributed by atoms with Crippen molar-refractivity contribution in [2.75, 3.05) is 4.90 Å². The minimum absolute atomic E-state index is 0.177. The first kappa shape index (κ1) is 44.1. The molecule has 2 atom stereocenters. The molecule has 1 aromatic heterocycles. The number of aromatic nitrogens is 1. The lowest BCUT2D eigenvalue weighted by Gasteiger charge is -2.50. The van der Waals surface area contributed by atoms with Gasteiger partial charge in [-0.1, -0.05) is 220 Å². The number of fused-ring (bicyclic) bond motifs is 13. The van der Waals surface area contributed by atoms with Crippen molar-refractivity contribution in [2.24, 2.45) is 0 Å². The van der Waals surface area contributed by atoms with Crippen molar-refractivity contribution in [3.63, 3.8) is 0 Å². The molecule has 0 bridgehead atoms. The third-order valence-electron chi connectivity index (χ3n) is 18.1. The summed E-state index contributed by atoms with van der Waals surface area (Å²) in [6.45, 7) is 4.77. The Hall–Kier alpha value is -9.24. The molecule has 2 heteroatoms. The van der Waals surface area contributed by atoms with Crippen LogP contribution in [-0.4, -0.2) is 4.57 Å². The summed E-state index contributed by atoms with van der Waals surface area (Å²) in [5, 5.41) is 5.08. The van der Waals surface area contributed by atoms with E-state index in [1.54, 1.807) is 0 Å². The second kappa shape index (κ2) is 16.4. The lowest BCUT2D eigenvalue weighted by atomic mass is 9.51. The van der Waals surface area contributed by atoms with Crippen molar-refractivity contribution in [1.29, 1.82) is 0 Å². The van der Waals surface area contributed by atoms with Gasteiger partial charge in [-0.2, -0.15) is 0 Å². The third kappa shape index (κ3) is 5.90. The molecule has 0 saturated carbocycles. The van der Waals surface area contributed by atoms with Gasteiger partial charge in [0.2, 0.25) is 0 Å². The first-order valence-corrected chi connectivity index (χ1v) is 27.4. The molecule has 16 rings (SSSR count). The quantitative estimate of drug-likeness (QED) is 0.154. The highest BCUT2D eigenvalue weighted by atomic mass is 15.1. The Labute approximate surface area is 450 Å². The van der Waals surface area contributed by atoms with Crippen molar-refractivity contribution >= 4 is 49.6 Å². The van der Waals surface area contributed by atoms with E-state index in [-0.39, 0.29) is 5.41 Å². The monoisotopic (exact) mass is 982 g/mol. The lowest BCUT2D eigenvalue weighted by Crippen LogP contribution is -2.44. The summed E-state index contributed by atoms with van der Waals surface area (Å²) in [6.07, 6.45) is 9.44. The van der Waals surface area contributed by atoms with Crippen molar-refractivity contribution in [3.05, 3.63) is 323 Å². The SMILES string of the molecule is CC1(C)c2ccccc2-c2ccc(N(c3ccc(-n4c5ccccc5c5c6ccccc6ccc54)cc3)c3cccc(C4(c5ccccc5)c5ccccc5C5(C6=CCCC=C6)c6ccccc6-c6cccc4c65)c3)cc21. The Kier molecular flexibility index (Phi) is 9.38. The summed E-state index contributed by atoms with van der Waals surface area (Å²) in [7, 11) is 0. The maximum Gasteiger partial charge on any atom is 0.0716 e. The van der Waals surface area contributed by atoms with Crippen LogP contribution in [0.4, 0.5) is 17.1 Å². The first-order chi connectivity index (χ1) is 38.0. The fourth-order valence-corrected chi connectivity index (χ4v) is 15.0. The minimum atomic E-state index is -0.679. The van der Waals surface area contributed by atoms with Crippen molar-refractivity contribution in [2.45, 2.75) is 42.9 Å². The van der Waals surface area contributed by atoms with Gasteiger partial charge in [0.25, 0.3) is 0 Å². The average Bonchev–Trinajstić information content (AvgIpc) is 4.15. The second-order valence-corrected chi connectivity index (χ2v) is 22.2. The largest absolute Gasteiger partial charge is 0.310 e. The molecule has 4 aliphatic carbocycles. The highest BCUT2D eigenvalue weighted by molar-refractivity contribution is 6.21. The van der Waals surface area contributed by atoms with Gasteiger partial charge in [-0.25, -0.2) is 0 Å². The van der Waals surface area contributed by atoms with E-state index in [0.29, 0.717) is 0 Å². The van der Waals surface area contributed by atoms with Crippen LogP contribution in [0, 0.1) is 0 Å². The number of nitrogens with zero attached hydrogens (tertiary/aromatic N) is 2. The van der Waals surface area contributed by atoms with Gasteiger partial charge < -0.3 is 9.47 Å². The number of hydrogen-bond acceptors (Lipinski definition) is 1. The number of benzene rings is 11. The Morgan fingerprint density at radius 2 is 1.00 bits per heavy atom. The van der Waals surface area contributed by atoms with E-state index in [4.69, 9.17) is 0 Å². The molecule has 2 nitrogen and oxygen atoms in total. The Balaban J connectivity index is 0.940. The van der Waals surface area contributed by atoms with Crippen LogP contribution in [0.3, 0.4) is 0 Å². The predicted molar refractivity (Wildman–Crippen MR) is 321 cm³/mol. The standard InChI is InChI=1S/C75H54N2/c1-73(2)63-33-14-11-29-58(63)60-45-44-56(48-68(60)73)76(53-40-42-54(43-41-53)77-69-38-18-13-31-62(69)71-57-28-10-9-21-49(57)39-46-70(71)77)55-27-19-26-52(47-55)74(50-22-5-3-6-23-50)65-35-16-17-36-66(65)75(51-24-7-4-8-25-51)64-34-15-12-30-59(64)61-32-20-37-67(74)72(61)75/h3,5-7,9-48H,4,8H2,1-2H3. The summed E-state index contributed by atoms with van der Waals surface area (Å²) >= 11 is 0. The van der Waals surface area contributed by atoms with E-state index in [1.165, 1.54) is 110 Å². The molecule has 0 saturated heterocycles. The van der Waals surface area contributed by atoms with Crippen LogP contribution in [0.2, 0.25) is 0 Å². The number of allylic oxidation sites excluding steroid dienone is 4. The average molecular weight is 983 g/mol. The first-order valence-electron chi connectivity index (χ1n) is 27.4. The van der Waals surface area contributed by atoms with Crippen LogP contribution in [0.5, 0.6) is 0 Å². The van der Waals surface area contributed by atoms with Gasteiger partial charge >= 0.3 is 0 Å². The minimum Gasteiger partial charge on any atom is -0.310 e. The second-order valence-electron chi connectivity index (χ2n) is 22.2. The lowest BCUT2D eigenvalue weighted by molar-refractivity contribution is 0.622. The molecule has 0 amide bonds. The van der Waals surface area contributed by atoms with Gasteiger partial charge in [0.15, 0.2) is 0 Å². The summed E-state index contributed by atoms with van der Waals surface area (Å²) in [5.74, 6) is 0. The van der Waals surface area contributed by atoms with Gasteiger partial charge in [-0.05, 0) is 162 Å². The van der Waals surface area contributed by atoms with Gasteiger partial charge in [0.1, 0.15) is 0 Å². The molecule has 0 spiro atoms. The Bertz CT molecular complexity index is 4490. The highest BCUT2D eigenvalue weighted by Gasteiger charge is 2.58. The van der Waals surface area contributed by atoms with Crippen LogP contribution in [0.1, 0.15) is 76.8 Å². The van der Waals surface area contributed by atoms with E-state index in [2.05, 4.69) is 290 Å². The molecule has 0 fully saturated rings. The van der Waals surface area contributed by atoms with E-state index < -0.39 is 10.8 Å². The fraction of sp³-hybridized carbons (Fsp3) is 0.0933. The fourth-order valence-electron chi connectivity index (χ4n) is 15.0. The summed E-state index contributed by atoms with van der Waals surface area (Å²) in [5.41, 5.74) is 24.1. The number of anilines is 3. The third-order valence-corrected chi connectivity index (χ3v) is 18.1. The van der Waals surface area contributed by atoms with Crippen molar-refractivity contribution in [3.8, 4) is 27.9 Å². The van der Waals surface area contributed by atoms with E-state index >= 15 is 0 Å². The molecule has 2 unspecified atom stereocenters. The zero-order valence-electron chi connectivity index (χ0n) is 43.2. The van der Waals surface area contributed by atoms with Crippen molar-refractivity contribution in [1.82, 2.24) is 4.57 Å². The van der Waals surface area contributed by atoms with Crippen LogP contribution in [0.15, 0.2) is 273 Å². The molecule has 364 valence electrons. The Morgan fingerprint density at radius 1 is 0.390 bits per heavy atom. The summed E-state index contributed by atoms with van der Waals surface area (Å²) in [6, 6.07) is 94.4. The normalized spacial score (nSPS) is 18.1. The molecule has 0 aliphatic heterocycles. The molecule has 4 aliphatic rings. The number of para-hydroxylation sites is 1. The zero-order valence-corrected chi connectivity index (χ0v) is 43.2. The molecular formula is C75H54N2. The summed E-state index contributed by atoms with van der Waals surface area (Å²) in [4.78, 5) is 2.51. The topological polar surface area (TPSA) is 8.17 Å². The van der Waals surface area contributed by atoms with E-state index in [1.807, 2.05) is 0 Å². The maximum atomic E-state index is 2.53. The van der Waals surface area contributed by atoms with E-state index in [0.717, 1.165) is 35.6 Å². The van der Waals surface area contributed by atoms with Crippen LogP contribution in [0.25, 0.3) is 60.5 Å². The zero-order chi connectivity index (χ0) is 51.0. The van der Waals surface area contributed by atoms with Gasteiger partial charge in [0.05, 0.1) is 21.9 Å². The summed E-state index contributed by atoms with van der Waals surface area (Å²) < 4.78 is 2.45. The van der Waals surface area contributed by atoms with Crippen LogP contribution < -0.4 is 4.90 Å².